The van der Waals surface area contributed by atoms with Gasteiger partial charge in [0.1, 0.15) is 11.0 Å². The molecule has 0 spiro atoms. The summed E-state index contributed by atoms with van der Waals surface area (Å²) in [4.78, 5) is 19.8. The van der Waals surface area contributed by atoms with Crippen LogP contribution in [0.1, 0.15) is 19.3 Å². The summed E-state index contributed by atoms with van der Waals surface area (Å²) in [7, 11) is 0. The Bertz CT molecular complexity index is 872. The molecular weight excluding hydrogens is 348 g/mol. The molecule has 1 fully saturated rings. The fourth-order valence-electron chi connectivity index (χ4n) is 3.54. The van der Waals surface area contributed by atoms with Gasteiger partial charge in [-0.25, -0.2) is 15.0 Å². The molecular formula is C19H21ClN6. The summed E-state index contributed by atoms with van der Waals surface area (Å²) in [6.07, 6.45) is 8.75. The average molecular weight is 369 g/mol. The Morgan fingerprint density at radius 2 is 2.00 bits per heavy atom. The average Bonchev–Trinajstić information content (AvgIpc) is 2.68. The van der Waals surface area contributed by atoms with E-state index in [1.807, 2.05) is 18.2 Å². The van der Waals surface area contributed by atoms with E-state index in [1.165, 1.54) is 6.42 Å². The van der Waals surface area contributed by atoms with Gasteiger partial charge in [-0.2, -0.15) is 0 Å². The number of rotatable bonds is 5. The maximum absolute atomic E-state index is 6.23. The van der Waals surface area contributed by atoms with Gasteiger partial charge in [-0.3, -0.25) is 4.98 Å². The highest BCUT2D eigenvalue weighted by molar-refractivity contribution is 6.30. The van der Waals surface area contributed by atoms with Crippen LogP contribution < -0.4 is 10.2 Å². The Morgan fingerprint density at radius 3 is 2.88 bits per heavy atom. The maximum atomic E-state index is 6.23. The Labute approximate surface area is 157 Å². The van der Waals surface area contributed by atoms with Crippen LogP contribution in [0, 0.1) is 5.92 Å². The second kappa shape index (κ2) is 7.83. The Kier molecular flexibility index (Phi) is 5.11. The summed E-state index contributed by atoms with van der Waals surface area (Å²) in [5, 5.41) is 4.86. The van der Waals surface area contributed by atoms with E-state index in [1.54, 1.807) is 18.6 Å². The van der Waals surface area contributed by atoms with Gasteiger partial charge in [0.25, 0.3) is 0 Å². The largest absolute Gasteiger partial charge is 0.356 e. The number of piperidine rings is 1. The molecule has 3 aromatic rings. The van der Waals surface area contributed by atoms with Gasteiger partial charge in [-0.1, -0.05) is 11.6 Å². The Balaban J connectivity index is 1.44. The normalized spacial score (nSPS) is 17.4. The van der Waals surface area contributed by atoms with Gasteiger partial charge in [0.2, 0.25) is 5.95 Å². The summed E-state index contributed by atoms with van der Waals surface area (Å²) in [5.41, 5.74) is 0.896. The molecule has 0 bridgehead atoms. The molecule has 0 amide bonds. The summed E-state index contributed by atoms with van der Waals surface area (Å²) < 4.78 is 0. The maximum Gasteiger partial charge on any atom is 0.222 e. The number of pyridine rings is 2. The van der Waals surface area contributed by atoms with E-state index >= 15 is 0 Å². The van der Waals surface area contributed by atoms with Gasteiger partial charge < -0.3 is 10.2 Å². The lowest BCUT2D eigenvalue weighted by Gasteiger charge is -2.34. The fourth-order valence-corrected chi connectivity index (χ4v) is 3.72. The molecule has 4 rings (SSSR count). The third-order valence-electron chi connectivity index (χ3n) is 4.77. The second-order valence-corrected chi connectivity index (χ2v) is 6.97. The molecule has 7 heteroatoms. The highest BCUT2D eigenvalue weighted by Crippen LogP contribution is 2.30. The summed E-state index contributed by atoms with van der Waals surface area (Å²) in [5.74, 6) is 2.24. The van der Waals surface area contributed by atoms with Crippen LogP contribution in [0.15, 0.2) is 42.9 Å². The van der Waals surface area contributed by atoms with Crippen molar-refractivity contribution in [2.75, 3.05) is 29.9 Å². The number of hydrogen-bond donors (Lipinski definition) is 1. The van der Waals surface area contributed by atoms with Crippen LogP contribution in [0.4, 0.5) is 11.8 Å². The van der Waals surface area contributed by atoms with E-state index in [9.17, 15) is 0 Å². The zero-order chi connectivity index (χ0) is 17.8. The summed E-state index contributed by atoms with van der Waals surface area (Å²) in [6, 6.07) is 7.67. The van der Waals surface area contributed by atoms with E-state index in [-0.39, 0.29) is 0 Å². The second-order valence-electron chi connectivity index (χ2n) is 6.58. The smallest absolute Gasteiger partial charge is 0.222 e. The molecule has 1 aliphatic heterocycles. The zero-order valence-corrected chi connectivity index (χ0v) is 15.2. The van der Waals surface area contributed by atoms with E-state index in [4.69, 9.17) is 11.6 Å². The van der Waals surface area contributed by atoms with E-state index in [0.717, 1.165) is 49.2 Å². The molecule has 26 heavy (non-hydrogen) atoms. The predicted molar refractivity (Wildman–Crippen MR) is 105 cm³/mol. The van der Waals surface area contributed by atoms with Crippen molar-refractivity contribution in [3.05, 3.63) is 48.0 Å². The molecule has 0 aromatic carbocycles. The van der Waals surface area contributed by atoms with Crippen molar-refractivity contribution in [2.45, 2.75) is 19.3 Å². The monoisotopic (exact) mass is 368 g/mol. The first kappa shape index (κ1) is 17.0. The van der Waals surface area contributed by atoms with Gasteiger partial charge in [0.15, 0.2) is 0 Å². The number of fused-ring (bicyclic) bond motifs is 1. The quantitative estimate of drug-likeness (QED) is 0.691. The molecule has 1 atom stereocenters. The van der Waals surface area contributed by atoms with Crippen molar-refractivity contribution >= 4 is 34.3 Å². The lowest BCUT2D eigenvalue weighted by molar-refractivity contribution is 0.398. The minimum Gasteiger partial charge on any atom is -0.356 e. The molecule has 6 nitrogen and oxygen atoms in total. The van der Waals surface area contributed by atoms with E-state index < -0.39 is 0 Å². The first-order valence-corrected chi connectivity index (χ1v) is 9.34. The highest BCUT2D eigenvalue weighted by Gasteiger charge is 2.22. The van der Waals surface area contributed by atoms with Crippen LogP contribution in [0.25, 0.3) is 10.9 Å². The SMILES string of the molecule is Clc1cc2ncccc2c(N2CCCC(CCNc3ncccn3)C2)n1. The standard InChI is InChI=1S/C19H21ClN6/c20-17-12-16-15(5-1-7-21-16)18(25-17)26-11-2-4-14(13-26)6-10-24-19-22-8-3-9-23-19/h1,3,5,7-9,12,14H,2,4,6,10-11,13H2,(H,22,23,24). The molecule has 1 N–H and O–H groups in total. The number of anilines is 2. The molecule has 1 aliphatic rings. The predicted octanol–water partition coefficient (Wildman–Crippen LogP) is 3.79. The highest BCUT2D eigenvalue weighted by atomic mass is 35.5. The van der Waals surface area contributed by atoms with Crippen LogP contribution in [-0.4, -0.2) is 39.6 Å². The van der Waals surface area contributed by atoms with E-state index in [2.05, 4.69) is 36.2 Å². The van der Waals surface area contributed by atoms with Crippen molar-refractivity contribution in [2.24, 2.45) is 5.92 Å². The molecule has 4 heterocycles. The van der Waals surface area contributed by atoms with Gasteiger partial charge in [-0.15, -0.1) is 0 Å². The van der Waals surface area contributed by atoms with Crippen molar-refractivity contribution < 1.29 is 0 Å². The number of hydrogen-bond acceptors (Lipinski definition) is 6. The van der Waals surface area contributed by atoms with E-state index in [0.29, 0.717) is 17.0 Å². The number of nitrogens with zero attached hydrogens (tertiary/aromatic N) is 5. The van der Waals surface area contributed by atoms with Crippen LogP contribution >= 0.6 is 11.6 Å². The minimum atomic E-state index is 0.496. The van der Waals surface area contributed by atoms with Gasteiger partial charge in [-0.05, 0) is 43.4 Å². The number of aromatic nitrogens is 4. The summed E-state index contributed by atoms with van der Waals surface area (Å²) >= 11 is 6.23. The number of halogens is 1. The third kappa shape index (κ3) is 3.85. The Morgan fingerprint density at radius 1 is 1.15 bits per heavy atom. The molecule has 1 saturated heterocycles. The zero-order valence-electron chi connectivity index (χ0n) is 14.5. The van der Waals surface area contributed by atoms with Crippen molar-refractivity contribution in [1.82, 2.24) is 19.9 Å². The van der Waals surface area contributed by atoms with Crippen molar-refractivity contribution in [3.63, 3.8) is 0 Å². The van der Waals surface area contributed by atoms with Gasteiger partial charge in [0.05, 0.1) is 5.52 Å². The summed E-state index contributed by atoms with van der Waals surface area (Å²) in [6.45, 7) is 2.85. The third-order valence-corrected chi connectivity index (χ3v) is 4.96. The molecule has 0 saturated carbocycles. The molecule has 1 unspecified atom stereocenters. The van der Waals surface area contributed by atoms with Crippen LogP contribution in [-0.2, 0) is 0 Å². The molecule has 3 aromatic heterocycles. The van der Waals surface area contributed by atoms with Crippen LogP contribution in [0.5, 0.6) is 0 Å². The Hall–Kier alpha value is -2.47. The molecule has 134 valence electrons. The first-order chi connectivity index (χ1) is 12.8. The van der Waals surface area contributed by atoms with Gasteiger partial charge in [0, 0.05) is 49.7 Å². The lowest BCUT2D eigenvalue weighted by atomic mass is 9.94. The minimum absolute atomic E-state index is 0.496. The van der Waals surface area contributed by atoms with Crippen LogP contribution in [0.2, 0.25) is 5.15 Å². The lowest BCUT2D eigenvalue weighted by Crippen LogP contribution is -2.36. The molecule has 0 aliphatic carbocycles. The first-order valence-electron chi connectivity index (χ1n) is 8.97. The van der Waals surface area contributed by atoms with Crippen molar-refractivity contribution in [3.8, 4) is 0 Å². The molecule has 0 radical (unpaired) electrons. The van der Waals surface area contributed by atoms with Crippen molar-refractivity contribution in [1.29, 1.82) is 0 Å². The van der Waals surface area contributed by atoms with Crippen LogP contribution in [0.3, 0.4) is 0 Å². The number of nitrogens with one attached hydrogen (secondary N) is 1. The fraction of sp³-hybridized carbons (Fsp3) is 0.368. The van der Waals surface area contributed by atoms with Gasteiger partial charge >= 0.3 is 0 Å². The topological polar surface area (TPSA) is 66.8 Å².